The number of benzene rings is 1. The van der Waals surface area contributed by atoms with Crippen LogP contribution in [0.5, 0.6) is 11.5 Å². The van der Waals surface area contributed by atoms with Crippen LogP contribution in [0.15, 0.2) is 18.2 Å². The van der Waals surface area contributed by atoms with Crippen LogP contribution in [0, 0.1) is 0 Å². The third-order valence-electron chi connectivity index (χ3n) is 3.69. The van der Waals surface area contributed by atoms with Gasteiger partial charge in [0.25, 0.3) is 5.91 Å². The van der Waals surface area contributed by atoms with E-state index in [2.05, 4.69) is 10.6 Å². The van der Waals surface area contributed by atoms with Crippen LogP contribution in [-0.2, 0) is 11.3 Å². The van der Waals surface area contributed by atoms with Gasteiger partial charge >= 0.3 is 6.03 Å². The number of nitrogens with one attached hydrogen (secondary N) is 3. The molecule has 7 nitrogen and oxygen atoms in total. The average molecular weight is 338 g/mol. The fourth-order valence-electron chi connectivity index (χ4n) is 2.19. The Kier molecular flexibility index (Phi) is 8.05. The number of quaternary nitrogens is 1. The maximum atomic E-state index is 11.9. The van der Waals surface area contributed by atoms with Gasteiger partial charge in [0.15, 0.2) is 6.54 Å². The predicted octanol–water partition coefficient (Wildman–Crippen LogP) is 0.343. The zero-order valence-corrected chi connectivity index (χ0v) is 15.1. The number of methoxy groups -OCH3 is 2. The minimum Gasteiger partial charge on any atom is -0.497 e. The van der Waals surface area contributed by atoms with Crippen molar-refractivity contribution in [1.29, 1.82) is 0 Å². The summed E-state index contributed by atoms with van der Waals surface area (Å²) in [4.78, 5) is 24.5. The van der Waals surface area contributed by atoms with E-state index in [0.29, 0.717) is 18.0 Å². The van der Waals surface area contributed by atoms with E-state index < -0.39 is 6.03 Å². The third kappa shape index (κ3) is 6.45. The second kappa shape index (κ2) is 9.77. The summed E-state index contributed by atoms with van der Waals surface area (Å²) in [7, 11) is 5.08. The SMILES string of the molecule is CC[C@H](C)NC(=O)NC(=O)C[NH+](C)Cc1ccc(OC)cc1OC. The summed E-state index contributed by atoms with van der Waals surface area (Å²) >= 11 is 0. The lowest BCUT2D eigenvalue weighted by atomic mass is 10.2. The second-order valence-electron chi connectivity index (χ2n) is 5.82. The smallest absolute Gasteiger partial charge is 0.321 e. The summed E-state index contributed by atoms with van der Waals surface area (Å²) in [5.41, 5.74) is 0.965. The van der Waals surface area contributed by atoms with Crippen molar-refractivity contribution in [2.45, 2.75) is 32.9 Å². The molecule has 0 fully saturated rings. The molecule has 0 aliphatic carbocycles. The number of carbonyl (C=O) groups excluding carboxylic acids is 2. The van der Waals surface area contributed by atoms with Crippen molar-refractivity contribution in [3.8, 4) is 11.5 Å². The molecule has 1 aromatic carbocycles. The second-order valence-corrected chi connectivity index (χ2v) is 5.82. The highest BCUT2D eigenvalue weighted by atomic mass is 16.5. The van der Waals surface area contributed by atoms with Crippen molar-refractivity contribution >= 4 is 11.9 Å². The van der Waals surface area contributed by atoms with Crippen LogP contribution in [0.1, 0.15) is 25.8 Å². The van der Waals surface area contributed by atoms with Crippen LogP contribution < -0.4 is 25.0 Å². The molecule has 0 aliphatic rings. The Morgan fingerprint density at radius 1 is 1.25 bits per heavy atom. The van der Waals surface area contributed by atoms with E-state index in [0.717, 1.165) is 16.9 Å². The maximum absolute atomic E-state index is 11.9. The van der Waals surface area contributed by atoms with Gasteiger partial charge in [-0.1, -0.05) is 6.92 Å². The highest BCUT2D eigenvalue weighted by Crippen LogP contribution is 2.23. The van der Waals surface area contributed by atoms with Crippen LogP contribution in [0.25, 0.3) is 0 Å². The van der Waals surface area contributed by atoms with Gasteiger partial charge in [0.1, 0.15) is 18.0 Å². The van der Waals surface area contributed by atoms with Gasteiger partial charge in [0, 0.05) is 17.7 Å². The largest absolute Gasteiger partial charge is 0.497 e. The van der Waals surface area contributed by atoms with Gasteiger partial charge in [-0.2, -0.15) is 0 Å². The van der Waals surface area contributed by atoms with Crippen molar-refractivity contribution in [3.05, 3.63) is 23.8 Å². The van der Waals surface area contributed by atoms with Crippen molar-refractivity contribution < 1.29 is 24.0 Å². The Hall–Kier alpha value is -2.28. The summed E-state index contributed by atoms with van der Waals surface area (Å²) in [5.74, 6) is 1.11. The molecule has 1 aromatic rings. The molecule has 2 atom stereocenters. The van der Waals surface area contributed by atoms with Crippen LogP contribution in [-0.4, -0.2) is 45.8 Å². The number of hydrogen-bond acceptors (Lipinski definition) is 4. The quantitative estimate of drug-likeness (QED) is 0.639. The molecule has 0 saturated carbocycles. The van der Waals surface area contributed by atoms with E-state index in [1.54, 1.807) is 14.2 Å². The van der Waals surface area contributed by atoms with E-state index in [-0.39, 0.29) is 18.5 Å². The zero-order valence-electron chi connectivity index (χ0n) is 15.1. The molecule has 7 heteroatoms. The lowest BCUT2D eigenvalue weighted by molar-refractivity contribution is -0.885. The van der Waals surface area contributed by atoms with Crippen LogP contribution in [0.2, 0.25) is 0 Å². The summed E-state index contributed by atoms with van der Waals surface area (Å²) in [6.07, 6.45) is 0.810. The molecule has 3 amide bonds. The first kappa shape index (κ1) is 19.8. The number of carbonyl (C=O) groups is 2. The number of amides is 3. The molecule has 0 aliphatic heterocycles. The fourth-order valence-corrected chi connectivity index (χ4v) is 2.19. The molecule has 0 heterocycles. The molecule has 0 radical (unpaired) electrons. The Labute approximate surface area is 143 Å². The summed E-state index contributed by atoms with van der Waals surface area (Å²) in [6, 6.07) is 5.15. The minimum atomic E-state index is -0.454. The molecule has 0 bridgehead atoms. The van der Waals surface area contributed by atoms with Gasteiger partial charge in [-0.25, -0.2) is 4.79 Å². The van der Waals surface area contributed by atoms with Gasteiger partial charge in [0.05, 0.1) is 21.3 Å². The molecule has 0 spiro atoms. The van der Waals surface area contributed by atoms with E-state index in [9.17, 15) is 9.59 Å². The topological polar surface area (TPSA) is 81.1 Å². The standard InChI is InChI=1S/C17H27N3O4/c1-6-12(2)18-17(22)19-16(21)11-20(3)10-13-7-8-14(23-4)9-15(13)24-5/h7-9,12H,6,10-11H2,1-5H3,(H2,18,19,21,22)/p+1/t12-/m0/s1. The minimum absolute atomic E-state index is 0.0337. The van der Waals surface area contributed by atoms with E-state index in [1.165, 1.54) is 0 Å². The number of likely N-dealkylation sites (N-methyl/N-ethyl adjacent to an activating group) is 1. The number of urea groups is 1. The summed E-state index contributed by atoms with van der Waals surface area (Å²) in [6.45, 7) is 4.63. The highest BCUT2D eigenvalue weighted by molar-refractivity contribution is 5.94. The van der Waals surface area contributed by atoms with Gasteiger partial charge in [0.2, 0.25) is 0 Å². The van der Waals surface area contributed by atoms with Crippen molar-refractivity contribution in [2.24, 2.45) is 0 Å². The molecular weight excluding hydrogens is 310 g/mol. The monoisotopic (exact) mass is 338 g/mol. The Morgan fingerprint density at radius 2 is 1.96 bits per heavy atom. The molecule has 0 saturated heterocycles. The van der Waals surface area contributed by atoms with E-state index in [1.807, 2.05) is 39.1 Å². The van der Waals surface area contributed by atoms with Crippen LogP contribution in [0.3, 0.4) is 0 Å². The first-order valence-corrected chi connectivity index (χ1v) is 8.02. The number of rotatable bonds is 8. The van der Waals surface area contributed by atoms with E-state index in [4.69, 9.17) is 9.47 Å². The van der Waals surface area contributed by atoms with Crippen molar-refractivity contribution in [3.63, 3.8) is 0 Å². The van der Waals surface area contributed by atoms with Gasteiger partial charge in [-0.15, -0.1) is 0 Å². The maximum Gasteiger partial charge on any atom is 0.321 e. The molecule has 3 N–H and O–H groups in total. The lowest BCUT2D eigenvalue weighted by Gasteiger charge is -2.17. The average Bonchev–Trinajstić information content (AvgIpc) is 2.54. The van der Waals surface area contributed by atoms with Crippen LogP contribution in [0.4, 0.5) is 4.79 Å². The Balaban J connectivity index is 2.55. The number of imide groups is 1. The molecule has 1 rings (SSSR count). The van der Waals surface area contributed by atoms with Crippen LogP contribution >= 0.6 is 0 Å². The molecule has 0 aromatic heterocycles. The van der Waals surface area contributed by atoms with Gasteiger partial charge in [-0.3, -0.25) is 10.1 Å². The molecular formula is C17H28N3O4+. The first-order chi connectivity index (χ1) is 11.4. The normalized spacial score (nSPS) is 12.9. The first-order valence-electron chi connectivity index (χ1n) is 8.02. The van der Waals surface area contributed by atoms with Crippen molar-refractivity contribution in [2.75, 3.05) is 27.8 Å². The molecule has 1 unspecified atom stereocenters. The van der Waals surface area contributed by atoms with Gasteiger partial charge in [-0.05, 0) is 25.5 Å². The fraction of sp³-hybridized carbons (Fsp3) is 0.529. The zero-order chi connectivity index (χ0) is 18.1. The van der Waals surface area contributed by atoms with E-state index >= 15 is 0 Å². The predicted molar refractivity (Wildman–Crippen MR) is 91.4 cm³/mol. The summed E-state index contributed by atoms with van der Waals surface area (Å²) < 4.78 is 10.5. The lowest BCUT2D eigenvalue weighted by Crippen LogP contribution is -3.09. The molecule has 134 valence electrons. The molecule has 24 heavy (non-hydrogen) atoms. The highest BCUT2D eigenvalue weighted by Gasteiger charge is 2.16. The van der Waals surface area contributed by atoms with Crippen molar-refractivity contribution in [1.82, 2.24) is 10.6 Å². The number of hydrogen-bond donors (Lipinski definition) is 3. The third-order valence-corrected chi connectivity index (χ3v) is 3.69. The Bertz CT molecular complexity index is 563. The van der Waals surface area contributed by atoms with Gasteiger partial charge < -0.3 is 19.7 Å². The Morgan fingerprint density at radius 3 is 2.54 bits per heavy atom. The number of ether oxygens (including phenoxy) is 2. The summed E-state index contributed by atoms with van der Waals surface area (Å²) in [5, 5.41) is 5.05.